The summed E-state index contributed by atoms with van der Waals surface area (Å²) in [5.41, 5.74) is 0.586. The van der Waals surface area contributed by atoms with E-state index in [4.69, 9.17) is 4.42 Å². The number of rotatable bonds is 3. The van der Waals surface area contributed by atoms with E-state index in [2.05, 4.69) is 0 Å². The highest BCUT2D eigenvalue weighted by Gasteiger charge is 2.19. The third kappa shape index (κ3) is 3.03. The van der Waals surface area contributed by atoms with Gasteiger partial charge in [0, 0.05) is 0 Å². The lowest BCUT2D eigenvalue weighted by atomic mass is 10.2. The van der Waals surface area contributed by atoms with E-state index < -0.39 is 26.8 Å². The number of aryl methyl sites for hydroxylation is 1. The molecule has 0 bridgehead atoms. The standard InChI is InChI=1S/C17H13FO4S/c1-11-2-5-14(6-3-11)23(20,21)10-12-9-22-16-7-4-13(18)8-15(16)17(12)19/h2-9H,10H2,1H3. The first-order valence-corrected chi connectivity index (χ1v) is 8.51. The Balaban J connectivity index is 2.06. The predicted octanol–water partition coefficient (Wildman–Crippen LogP) is 3.21. The molecule has 2 aromatic carbocycles. The van der Waals surface area contributed by atoms with Crippen LogP contribution in [-0.2, 0) is 15.6 Å². The average molecular weight is 332 g/mol. The van der Waals surface area contributed by atoms with Crippen LogP contribution in [0, 0.1) is 12.7 Å². The van der Waals surface area contributed by atoms with Crippen LogP contribution < -0.4 is 5.43 Å². The van der Waals surface area contributed by atoms with Crippen molar-refractivity contribution in [2.24, 2.45) is 0 Å². The highest BCUT2D eigenvalue weighted by molar-refractivity contribution is 7.90. The van der Waals surface area contributed by atoms with Gasteiger partial charge in [0.1, 0.15) is 11.4 Å². The Labute approximate surface area is 132 Å². The number of hydrogen-bond acceptors (Lipinski definition) is 4. The Kier molecular flexibility index (Phi) is 3.77. The number of halogens is 1. The second-order valence-corrected chi connectivity index (χ2v) is 7.29. The molecule has 0 N–H and O–H groups in total. The van der Waals surface area contributed by atoms with Gasteiger partial charge in [0.15, 0.2) is 15.3 Å². The summed E-state index contributed by atoms with van der Waals surface area (Å²) in [7, 11) is -3.69. The smallest absolute Gasteiger partial charge is 0.197 e. The van der Waals surface area contributed by atoms with E-state index in [-0.39, 0.29) is 21.4 Å². The fourth-order valence-electron chi connectivity index (χ4n) is 2.28. The molecule has 0 saturated heterocycles. The zero-order valence-corrected chi connectivity index (χ0v) is 13.1. The fraction of sp³-hybridized carbons (Fsp3) is 0.118. The van der Waals surface area contributed by atoms with Crippen LogP contribution in [0.15, 0.2) is 62.8 Å². The van der Waals surface area contributed by atoms with Crippen LogP contribution in [0.2, 0.25) is 0 Å². The molecule has 0 radical (unpaired) electrons. The molecule has 23 heavy (non-hydrogen) atoms. The molecular weight excluding hydrogens is 319 g/mol. The van der Waals surface area contributed by atoms with Crippen LogP contribution in [0.5, 0.6) is 0 Å². The largest absolute Gasteiger partial charge is 0.464 e. The summed E-state index contributed by atoms with van der Waals surface area (Å²) in [5, 5.41) is 0.0293. The second-order valence-electron chi connectivity index (χ2n) is 5.30. The first-order chi connectivity index (χ1) is 10.9. The molecule has 0 saturated carbocycles. The summed E-state index contributed by atoms with van der Waals surface area (Å²) in [6, 6.07) is 9.91. The van der Waals surface area contributed by atoms with Gasteiger partial charge in [-0.2, -0.15) is 0 Å². The Morgan fingerprint density at radius 3 is 2.48 bits per heavy atom. The molecule has 0 unspecified atom stereocenters. The molecule has 3 aromatic rings. The summed E-state index contributed by atoms with van der Waals surface area (Å²) in [6.45, 7) is 1.85. The van der Waals surface area contributed by atoms with Crippen molar-refractivity contribution in [3.63, 3.8) is 0 Å². The minimum atomic E-state index is -3.69. The lowest BCUT2D eigenvalue weighted by Crippen LogP contribution is -2.14. The van der Waals surface area contributed by atoms with Gasteiger partial charge in [-0.15, -0.1) is 0 Å². The lowest BCUT2D eigenvalue weighted by Gasteiger charge is -2.05. The molecule has 6 heteroatoms. The van der Waals surface area contributed by atoms with Crippen LogP contribution in [0.4, 0.5) is 4.39 Å². The normalized spacial score (nSPS) is 11.7. The summed E-state index contributed by atoms with van der Waals surface area (Å²) in [6.07, 6.45) is 1.12. The molecule has 1 aromatic heterocycles. The second kappa shape index (κ2) is 5.62. The van der Waals surface area contributed by atoms with Gasteiger partial charge < -0.3 is 4.42 Å². The number of benzene rings is 2. The van der Waals surface area contributed by atoms with Crippen molar-refractivity contribution in [1.29, 1.82) is 0 Å². The maximum atomic E-state index is 13.3. The lowest BCUT2D eigenvalue weighted by molar-refractivity contribution is 0.581. The van der Waals surface area contributed by atoms with E-state index in [1.807, 2.05) is 6.92 Å². The van der Waals surface area contributed by atoms with Crippen LogP contribution in [0.25, 0.3) is 11.0 Å². The van der Waals surface area contributed by atoms with Crippen molar-refractivity contribution in [2.75, 3.05) is 0 Å². The topological polar surface area (TPSA) is 64.3 Å². The maximum Gasteiger partial charge on any atom is 0.197 e. The Hall–Kier alpha value is -2.47. The predicted molar refractivity (Wildman–Crippen MR) is 84.5 cm³/mol. The maximum absolute atomic E-state index is 13.3. The highest BCUT2D eigenvalue weighted by Crippen LogP contribution is 2.18. The fourth-order valence-corrected chi connectivity index (χ4v) is 3.60. The van der Waals surface area contributed by atoms with E-state index in [0.717, 1.165) is 17.9 Å². The van der Waals surface area contributed by atoms with Crippen molar-refractivity contribution < 1.29 is 17.2 Å². The van der Waals surface area contributed by atoms with Crippen LogP contribution >= 0.6 is 0 Å². The molecule has 0 aliphatic carbocycles. The average Bonchev–Trinajstić information content (AvgIpc) is 2.51. The van der Waals surface area contributed by atoms with Gasteiger partial charge in [0.05, 0.1) is 27.9 Å². The van der Waals surface area contributed by atoms with Gasteiger partial charge in [-0.1, -0.05) is 17.7 Å². The van der Waals surface area contributed by atoms with E-state index in [1.54, 1.807) is 12.1 Å². The third-order valence-electron chi connectivity index (χ3n) is 3.53. The van der Waals surface area contributed by atoms with Gasteiger partial charge in [0.25, 0.3) is 0 Å². The van der Waals surface area contributed by atoms with E-state index in [9.17, 15) is 17.6 Å². The number of sulfone groups is 1. The minimum absolute atomic E-state index is 0.0244. The quantitative estimate of drug-likeness (QED) is 0.739. The summed E-state index contributed by atoms with van der Waals surface area (Å²) in [5.74, 6) is -1.08. The SMILES string of the molecule is Cc1ccc(S(=O)(=O)Cc2coc3ccc(F)cc3c2=O)cc1. The molecule has 3 rings (SSSR count). The highest BCUT2D eigenvalue weighted by atomic mass is 32.2. The van der Waals surface area contributed by atoms with Crippen LogP contribution in [0.3, 0.4) is 0 Å². The van der Waals surface area contributed by atoms with Crippen molar-refractivity contribution in [1.82, 2.24) is 0 Å². The van der Waals surface area contributed by atoms with Gasteiger partial charge in [-0.05, 0) is 37.3 Å². The van der Waals surface area contributed by atoms with Gasteiger partial charge >= 0.3 is 0 Å². The van der Waals surface area contributed by atoms with E-state index in [0.29, 0.717) is 0 Å². The Bertz CT molecular complexity index is 1030. The molecule has 0 amide bonds. The minimum Gasteiger partial charge on any atom is -0.464 e. The zero-order valence-electron chi connectivity index (χ0n) is 12.2. The molecule has 4 nitrogen and oxygen atoms in total. The molecule has 0 spiro atoms. The number of fused-ring (bicyclic) bond motifs is 1. The van der Waals surface area contributed by atoms with Crippen LogP contribution in [0.1, 0.15) is 11.1 Å². The summed E-state index contributed by atoms with van der Waals surface area (Å²) >= 11 is 0. The summed E-state index contributed by atoms with van der Waals surface area (Å²) < 4.78 is 43.4. The number of hydrogen-bond donors (Lipinski definition) is 0. The van der Waals surface area contributed by atoms with Gasteiger partial charge in [-0.3, -0.25) is 4.79 Å². The molecule has 1 heterocycles. The Morgan fingerprint density at radius 2 is 1.78 bits per heavy atom. The molecule has 0 atom stereocenters. The van der Waals surface area contributed by atoms with Crippen LogP contribution in [-0.4, -0.2) is 8.42 Å². The Morgan fingerprint density at radius 1 is 1.09 bits per heavy atom. The van der Waals surface area contributed by atoms with Crippen molar-refractivity contribution >= 4 is 20.8 Å². The molecule has 0 fully saturated rings. The first kappa shape index (κ1) is 15.4. The van der Waals surface area contributed by atoms with Crippen molar-refractivity contribution in [3.8, 4) is 0 Å². The third-order valence-corrected chi connectivity index (χ3v) is 5.21. The monoisotopic (exact) mass is 332 g/mol. The molecular formula is C17H13FO4S. The van der Waals surface area contributed by atoms with Crippen molar-refractivity contribution in [2.45, 2.75) is 17.6 Å². The van der Waals surface area contributed by atoms with Gasteiger partial charge in [0.2, 0.25) is 0 Å². The van der Waals surface area contributed by atoms with Gasteiger partial charge in [-0.25, -0.2) is 12.8 Å². The summed E-state index contributed by atoms with van der Waals surface area (Å²) in [4.78, 5) is 12.5. The first-order valence-electron chi connectivity index (χ1n) is 6.86. The van der Waals surface area contributed by atoms with Crippen molar-refractivity contribution in [3.05, 3.63) is 75.9 Å². The molecule has 118 valence electrons. The van der Waals surface area contributed by atoms with E-state index in [1.165, 1.54) is 24.3 Å². The molecule has 0 aliphatic heterocycles. The molecule has 0 aliphatic rings. The zero-order chi connectivity index (χ0) is 16.6. The van der Waals surface area contributed by atoms with E-state index >= 15 is 0 Å².